The van der Waals surface area contributed by atoms with Gasteiger partial charge in [-0.1, -0.05) is 133 Å². The number of nitrogens with zero attached hydrogens (tertiary/aromatic N) is 2. The van der Waals surface area contributed by atoms with Gasteiger partial charge in [-0.05, 0) is 52.8 Å². The van der Waals surface area contributed by atoms with Crippen LogP contribution in [0.4, 0.5) is 26.3 Å². The fourth-order valence-corrected chi connectivity index (χ4v) is 13.3. The maximum atomic E-state index is 13.7. The zero-order valence-electron chi connectivity index (χ0n) is 47.3. The molecule has 0 aliphatic carbocycles. The van der Waals surface area contributed by atoms with Crippen LogP contribution in [-0.2, 0) is 39.9 Å². The van der Waals surface area contributed by atoms with Crippen molar-refractivity contribution in [2.24, 2.45) is 11.8 Å². The van der Waals surface area contributed by atoms with E-state index in [1.54, 1.807) is 96.4 Å². The first-order chi connectivity index (χ1) is 41.6. The number of nitrogens with one attached hydrogen (secondary N) is 2. The van der Waals surface area contributed by atoms with E-state index >= 15 is 0 Å². The predicted molar refractivity (Wildman–Crippen MR) is 307 cm³/mol. The van der Waals surface area contributed by atoms with Gasteiger partial charge in [0.25, 0.3) is 11.8 Å². The lowest BCUT2D eigenvalue weighted by Gasteiger charge is -2.52. The standard InChI is InChI=1S/C30H32N2O5S.C28H29ClN2O4S.2C2HF3O2/c1-21(33)26-12-13-27(38-26)28(34)31-16-19-32-17-14-22(15-18-32)25(20-32)37-29(35)30(36,23-8-4-2-5-9-23)24-10-6-3-7-11-24;29-23-13-18-36-25(23)26(32)30-14-17-31-15-11-20(12-16-31)24(19-31)35-27(33)28(34,21-7-3-1-4-8-21)22-9-5-2-6-10-22;2*3-2(4,5)1(6)7/h2-13,22,25,36H,14-20H2,1H3;1-10,13,18,20,24,34H,11-12,14-17,19H2;2*(H,6,7)/t22?,25-,32?;20?,24-,31?;;/m00../s1. The molecule has 17 nitrogen and oxygen atoms in total. The third-order valence-corrected chi connectivity index (χ3v) is 18.7. The molecule has 0 spiro atoms. The topological polar surface area (TPSA) is 249 Å². The number of hydrogen-bond acceptors (Lipinski definition) is 15. The van der Waals surface area contributed by atoms with Crippen molar-refractivity contribution in [1.82, 2.24) is 10.6 Å². The molecule has 0 unspecified atom stereocenters. The molecule has 8 heterocycles. The van der Waals surface area contributed by atoms with Crippen LogP contribution in [0.3, 0.4) is 0 Å². The molecule has 2 aromatic heterocycles. The van der Waals surface area contributed by atoms with Gasteiger partial charge in [0.05, 0.1) is 67.1 Å². The van der Waals surface area contributed by atoms with Gasteiger partial charge in [-0.15, -0.1) is 22.7 Å². The number of esters is 2. The quantitative estimate of drug-likeness (QED) is 0.0326. The van der Waals surface area contributed by atoms with E-state index in [0.29, 0.717) is 68.1 Å². The monoisotopic (exact) mass is 1280 g/mol. The molecule has 2 amide bonds. The maximum Gasteiger partial charge on any atom is 0.430 e. The molecule has 4 bridgehead atoms. The van der Waals surface area contributed by atoms with Gasteiger partial charge in [-0.2, -0.15) is 26.3 Å². The Bertz CT molecular complexity index is 3260. The Hall–Kier alpha value is -7.52. The van der Waals surface area contributed by atoms with Crippen LogP contribution >= 0.6 is 34.3 Å². The number of ether oxygens (including phenoxy) is 2. The fourth-order valence-electron chi connectivity index (χ4n) is 11.4. The molecule has 12 rings (SSSR count). The summed E-state index contributed by atoms with van der Waals surface area (Å²) in [5.41, 5.74) is -1.85. The number of quaternary nitrogens is 2. The van der Waals surface area contributed by atoms with E-state index in [4.69, 9.17) is 40.9 Å². The smallest absolute Gasteiger partial charge is 0.430 e. The third-order valence-electron chi connectivity index (χ3n) is 16.2. The molecule has 4 aromatic carbocycles. The Morgan fingerprint density at radius 1 is 0.545 bits per heavy atom. The van der Waals surface area contributed by atoms with Gasteiger partial charge in [0.15, 0.2) is 18.0 Å². The number of carbonyl (C=O) groups excluding carboxylic acids is 7. The summed E-state index contributed by atoms with van der Waals surface area (Å²) < 4.78 is 76.9. The van der Waals surface area contributed by atoms with Crippen LogP contribution in [0, 0.1) is 11.8 Å². The van der Waals surface area contributed by atoms with Crippen molar-refractivity contribution >= 4 is 75.7 Å². The number of piperidine rings is 6. The van der Waals surface area contributed by atoms with Crippen LogP contribution in [0.2, 0.25) is 5.02 Å². The van der Waals surface area contributed by atoms with Crippen LogP contribution < -0.4 is 20.8 Å². The second kappa shape index (κ2) is 29.2. The van der Waals surface area contributed by atoms with E-state index in [9.17, 15) is 60.5 Å². The number of benzene rings is 4. The van der Waals surface area contributed by atoms with Crippen LogP contribution in [0.15, 0.2) is 145 Å². The summed E-state index contributed by atoms with van der Waals surface area (Å²) in [6.07, 6.45) is -7.17. The lowest BCUT2D eigenvalue weighted by Crippen LogP contribution is -2.66. The van der Waals surface area contributed by atoms with Crippen LogP contribution in [0.25, 0.3) is 0 Å². The molecule has 6 aliphatic rings. The Balaban J connectivity index is 0.000000206. The first kappa shape index (κ1) is 68.0. The summed E-state index contributed by atoms with van der Waals surface area (Å²) in [6.45, 7) is 9.31. The maximum absolute atomic E-state index is 13.7. The third kappa shape index (κ3) is 16.8. The number of aliphatic hydroxyl groups is 2. The highest BCUT2D eigenvalue weighted by atomic mass is 35.5. The summed E-state index contributed by atoms with van der Waals surface area (Å²) in [5, 5.41) is 49.4. The summed E-state index contributed by atoms with van der Waals surface area (Å²) in [7, 11) is 0. The van der Waals surface area contributed by atoms with E-state index < -0.39 is 47.4 Å². The van der Waals surface area contributed by atoms with Gasteiger partial charge in [0.2, 0.25) is 11.2 Å². The van der Waals surface area contributed by atoms with Gasteiger partial charge in [-0.3, -0.25) is 14.4 Å². The second-order valence-corrected chi connectivity index (χ2v) is 24.1. The predicted octanol–water partition coefficient (Wildman–Crippen LogP) is 6.59. The Morgan fingerprint density at radius 3 is 1.17 bits per heavy atom. The molecule has 26 heteroatoms. The van der Waals surface area contributed by atoms with Gasteiger partial charge >= 0.3 is 24.3 Å². The molecule has 0 radical (unpaired) electrons. The number of ketones is 1. The number of Topliss-reactive ketones (excluding diaryl/α,β-unsaturated/α-hetero) is 1. The number of fused-ring (bicyclic) bond motifs is 6. The number of hydrogen-bond donors (Lipinski definition) is 4. The lowest BCUT2D eigenvalue weighted by molar-refractivity contribution is -0.945. The number of aliphatic carboxylic acids is 2. The van der Waals surface area contributed by atoms with E-state index in [-0.39, 0.29) is 41.6 Å². The van der Waals surface area contributed by atoms with Crippen molar-refractivity contribution in [2.75, 3.05) is 65.4 Å². The van der Waals surface area contributed by atoms with Crippen LogP contribution in [0.1, 0.15) is 83.9 Å². The number of carbonyl (C=O) groups is 7. The van der Waals surface area contributed by atoms with E-state index in [2.05, 4.69) is 10.6 Å². The Morgan fingerprint density at radius 2 is 0.875 bits per heavy atom. The highest BCUT2D eigenvalue weighted by Gasteiger charge is 2.52. The number of carboxylic acids is 2. The molecule has 6 aliphatic heterocycles. The summed E-state index contributed by atoms with van der Waals surface area (Å²) in [6, 6.07) is 40.9. The zero-order valence-corrected chi connectivity index (χ0v) is 49.7. The molecule has 6 fully saturated rings. The first-order valence-electron chi connectivity index (χ1n) is 27.9. The number of alkyl halides is 6. The second-order valence-electron chi connectivity index (χ2n) is 21.7. The minimum atomic E-state index is -5.19. The summed E-state index contributed by atoms with van der Waals surface area (Å²) >= 11 is 8.63. The first-order valence-corrected chi connectivity index (χ1v) is 29.9. The molecule has 0 saturated carbocycles. The van der Waals surface area contributed by atoms with Gasteiger partial charge in [-0.25, -0.2) is 9.59 Å². The SMILES string of the molecule is CC(=O)c1ccc(C(=O)NCC[N+]23CCC(CC2)[C@@H](OC(=O)C(O)(c2ccccc2)c2ccccc2)C3)s1.O=C(NCC[N+]12CCC(CC1)[C@@H](OC(=O)C(O)(c1ccccc1)c1ccccc1)C2)c1sccc1Cl.O=C([O-])C(F)(F)F.O=C([O-])C(F)(F)F. The molecular weight excluding hydrogens is 1220 g/mol. The van der Waals surface area contributed by atoms with E-state index in [1.807, 2.05) is 48.5 Å². The summed E-state index contributed by atoms with van der Waals surface area (Å²) in [5.74, 6) is -7.14. The van der Waals surface area contributed by atoms with Crippen molar-refractivity contribution in [3.05, 3.63) is 187 Å². The minimum absolute atomic E-state index is 0.0458. The highest BCUT2D eigenvalue weighted by Crippen LogP contribution is 2.40. The van der Waals surface area contributed by atoms with Crippen molar-refractivity contribution in [1.29, 1.82) is 0 Å². The molecule has 470 valence electrons. The highest BCUT2D eigenvalue weighted by molar-refractivity contribution is 7.16. The molecule has 88 heavy (non-hydrogen) atoms. The Labute approximate surface area is 515 Å². The molecular formula is C62H63ClF6N4O13S2. The summed E-state index contributed by atoms with van der Waals surface area (Å²) in [4.78, 5) is 83.1. The van der Waals surface area contributed by atoms with E-state index in [0.717, 1.165) is 73.9 Å². The molecule has 2 atom stereocenters. The number of rotatable bonds is 17. The van der Waals surface area contributed by atoms with Gasteiger partial charge in [0.1, 0.15) is 29.9 Å². The Kier molecular flexibility index (Phi) is 22.6. The minimum Gasteiger partial charge on any atom is -0.542 e. The number of carboxylic acid groups (broad SMARTS) is 2. The fraction of sp³-hybridized carbons (Fsp3) is 0.371. The van der Waals surface area contributed by atoms with Crippen LogP contribution in [-0.4, -0.2) is 151 Å². The van der Waals surface area contributed by atoms with Crippen molar-refractivity contribution in [3.8, 4) is 0 Å². The van der Waals surface area contributed by atoms with Gasteiger partial charge in [0, 0.05) is 37.5 Å². The van der Waals surface area contributed by atoms with Crippen molar-refractivity contribution in [3.63, 3.8) is 0 Å². The van der Waals surface area contributed by atoms with Gasteiger partial charge < -0.3 is 59.1 Å². The largest absolute Gasteiger partial charge is 0.542 e. The lowest BCUT2D eigenvalue weighted by atomic mass is 9.82. The number of thiophene rings is 2. The average Bonchev–Trinajstić information content (AvgIpc) is 1.11. The zero-order chi connectivity index (χ0) is 64.1. The number of amides is 2. The van der Waals surface area contributed by atoms with E-state index in [1.165, 1.54) is 29.6 Å². The van der Waals surface area contributed by atoms with Crippen molar-refractivity contribution < 1.29 is 98.8 Å². The molecule has 6 aromatic rings. The molecule has 6 saturated heterocycles. The van der Waals surface area contributed by atoms with Crippen LogP contribution in [0.5, 0.6) is 0 Å². The number of halogens is 7. The van der Waals surface area contributed by atoms with Crippen molar-refractivity contribution in [2.45, 2.75) is 68.4 Å². The normalized spacial score (nSPS) is 21.1. The average molecular weight is 1290 g/mol. The molecule has 4 N–H and O–H groups in total.